The number of carboxylic acid groups (broad SMARTS) is 1. The highest BCUT2D eigenvalue weighted by Crippen LogP contribution is 2.13. The average Bonchev–Trinajstić information content (AvgIpc) is 2.65. The number of benzene rings is 2. The lowest BCUT2D eigenvalue weighted by Crippen LogP contribution is -2.45. The molecule has 0 heterocycles. The van der Waals surface area contributed by atoms with Gasteiger partial charge >= 0.3 is 12.0 Å². The van der Waals surface area contributed by atoms with Crippen LogP contribution in [0.15, 0.2) is 54.6 Å². The smallest absolute Gasteiger partial charge is 0.319 e. The van der Waals surface area contributed by atoms with Crippen LogP contribution in [0, 0.1) is 0 Å². The maximum Gasteiger partial charge on any atom is 0.319 e. The predicted octanol–water partition coefficient (Wildman–Crippen LogP) is 3.38. The number of urea groups is 1. The van der Waals surface area contributed by atoms with E-state index >= 15 is 0 Å². The van der Waals surface area contributed by atoms with Crippen LogP contribution >= 0.6 is 0 Å². The minimum atomic E-state index is -0.906. The Kier molecular flexibility index (Phi) is 7.14. The predicted molar refractivity (Wildman–Crippen MR) is 107 cm³/mol. The highest BCUT2D eigenvalue weighted by atomic mass is 16.4. The molecule has 0 radical (unpaired) electrons. The summed E-state index contributed by atoms with van der Waals surface area (Å²) in [5.41, 5.74) is 1.38. The molecule has 0 atom stereocenters. The molecule has 0 unspecified atom stereocenters. The van der Waals surface area contributed by atoms with E-state index in [1.807, 2.05) is 30.3 Å². The fourth-order valence-corrected chi connectivity index (χ4v) is 2.54. The molecule has 0 saturated carbocycles. The number of carbonyl (C=O) groups excluding carboxylic acids is 2. The second-order valence-electron chi connectivity index (χ2n) is 7.10. The third kappa shape index (κ3) is 7.11. The van der Waals surface area contributed by atoms with Gasteiger partial charge in [-0.3, -0.25) is 9.59 Å². The number of hydrogen-bond acceptors (Lipinski definition) is 3. The van der Waals surface area contributed by atoms with Crippen LogP contribution in [0.2, 0.25) is 0 Å². The molecular weight excluding hydrogens is 358 g/mol. The van der Waals surface area contributed by atoms with Gasteiger partial charge in [0.05, 0.1) is 0 Å². The molecule has 2 rings (SSSR count). The first kappa shape index (κ1) is 21.0. The monoisotopic (exact) mass is 383 g/mol. The lowest BCUT2D eigenvalue weighted by atomic mass is 9.99. The molecule has 0 aliphatic rings. The molecule has 3 amide bonds. The molecule has 28 heavy (non-hydrogen) atoms. The summed E-state index contributed by atoms with van der Waals surface area (Å²) in [5.74, 6) is -1.11. The van der Waals surface area contributed by atoms with Gasteiger partial charge in [0.25, 0.3) is 5.91 Å². The van der Waals surface area contributed by atoms with Crippen LogP contribution in [-0.2, 0) is 11.3 Å². The Hall–Kier alpha value is -3.35. The second kappa shape index (κ2) is 9.55. The maximum atomic E-state index is 12.2. The maximum absolute atomic E-state index is 12.2. The third-order valence-corrected chi connectivity index (χ3v) is 4.12. The van der Waals surface area contributed by atoms with Gasteiger partial charge in [0.2, 0.25) is 0 Å². The van der Waals surface area contributed by atoms with Crippen LogP contribution in [0.1, 0.15) is 42.6 Å². The lowest BCUT2D eigenvalue weighted by molar-refractivity contribution is -0.137. The molecule has 0 aromatic heterocycles. The molecule has 0 aliphatic heterocycles. The van der Waals surface area contributed by atoms with Gasteiger partial charge < -0.3 is 21.1 Å². The molecule has 0 fully saturated rings. The molecule has 7 nitrogen and oxygen atoms in total. The summed E-state index contributed by atoms with van der Waals surface area (Å²) in [6.07, 6.45) is 0.288. The average molecular weight is 383 g/mol. The number of amides is 3. The standard InChI is InChI=1S/C21H25N3O4/c1-21(2,13-12-18(25)26)24-20(28)23-17-10-8-16(9-11-17)19(27)22-14-15-6-4-3-5-7-15/h3-11H,12-14H2,1-2H3,(H,22,27)(H,25,26)(H2,23,24,28). The summed E-state index contributed by atoms with van der Waals surface area (Å²) in [6, 6.07) is 15.7. The van der Waals surface area contributed by atoms with Crippen molar-refractivity contribution in [3.8, 4) is 0 Å². The fraction of sp³-hybridized carbons (Fsp3) is 0.286. The van der Waals surface area contributed by atoms with E-state index in [9.17, 15) is 14.4 Å². The summed E-state index contributed by atoms with van der Waals surface area (Å²) in [7, 11) is 0. The second-order valence-corrected chi connectivity index (χ2v) is 7.10. The number of carboxylic acids is 1. The molecule has 0 aliphatic carbocycles. The van der Waals surface area contributed by atoms with E-state index in [1.165, 1.54) is 0 Å². The Morgan fingerprint density at radius 3 is 2.21 bits per heavy atom. The number of hydrogen-bond donors (Lipinski definition) is 4. The van der Waals surface area contributed by atoms with E-state index in [0.29, 0.717) is 24.2 Å². The van der Waals surface area contributed by atoms with Gasteiger partial charge in [0.1, 0.15) is 0 Å². The summed E-state index contributed by atoms with van der Waals surface area (Å²) in [6.45, 7) is 3.96. The van der Waals surface area contributed by atoms with Gasteiger partial charge in [0, 0.05) is 29.8 Å². The van der Waals surface area contributed by atoms with Gasteiger partial charge in [0.15, 0.2) is 0 Å². The van der Waals surface area contributed by atoms with Gasteiger partial charge in [-0.25, -0.2) is 4.79 Å². The minimum Gasteiger partial charge on any atom is -0.481 e. The Labute approximate surface area is 164 Å². The molecule has 0 saturated heterocycles. The molecule has 0 spiro atoms. The summed E-state index contributed by atoms with van der Waals surface area (Å²) >= 11 is 0. The Morgan fingerprint density at radius 1 is 0.964 bits per heavy atom. The van der Waals surface area contributed by atoms with Gasteiger partial charge in [-0.2, -0.15) is 0 Å². The van der Waals surface area contributed by atoms with Crippen molar-refractivity contribution >= 4 is 23.6 Å². The zero-order valence-electron chi connectivity index (χ0n) is 16.0. The van der Waals surface area contributed by atoms with Crippen LogP contribution in [0.3, 0.4) is 0 Å². The van der Waals surface area contributed by atoms with Crippen LogP contribution < -0.4 is 16.0 Å². The van der Waals surface area contributed by atoms with Crippen molar-refractivity contribution in [2.45, 2.75) is 38.8 Å². The number of rotatable bonds is 8. The van der Waals surface area contributed by atoms with E-state index < -0.39 is 17.5 Å². The Morgan fingerprint density at radius 2 is 1.61 bits per heavy atom. The van der Waals surface area contributed by atoms with E-state index in [2.05, 4.69) is 16.0 Å². The summed E-state index contributed by atoms with van der Waals surface area (Å²) in [5, 5.41) is 17.0. The van der Waals surface area contributed by atoms with Crippen molar-refractivity contribution in [1.29, 1.82) is 0 Å². The van der Waals surface area contributed by atoms with Gasteiger partial charge in [-0.05, 0) is 50.1 Å². The van der Waals surface area contributed by atoms with Crippen LogP contribution in [0.4, 0.5) is 10.5 Å². The number of nitrogens with one attached hydrogen (secondary N) is 3. The highest BCUT2D eigenvalue weighted by Gasteiger charge is 2.21. The molecule has 2 aromatic carbocycles. The Balaban J connectivity index is 1.85. The first-order chi connectivity index (χ1) is 13.2. The van der Waals surface area contributed by atoms with Crippen molar-refractivity contribution in [3.63, 3.8) is 0 Å². The van der Waals surface area contributed by atoms with Crippen molar-refractivity contribution in [2.75, 3.05) is 5.32 Å². The van der Waals surface area contributed by atoms with E-state index in [1.54, 1.807) is 38.1 Å². The molecule has 0 bridgehead atoms. The van der Waals surface area contributed by atoms with Crippen LogP contribution in [-0.4, -0.2) is 28.6 Å². The van der Waals surface area contributed by atoms with Crippen LogP contribution in [0.25, 0.3) is 0 Å². The molecule has 2 aromatic rings. The molecule has 4 N–H and O–H groups in total. The van der Waals surface area contributed by atoms with Gasteiger partial charge in [-0.15, -0.1) is 0 Å². The largest absolute Gasteiger partial charge is 0.481 e. The highest BCUT2D eigenvalue weighted by molar-refractivity contribution is 5.95. The topological polar surface area (TPSA) is 108 Å². The lowest BCUT2D eigenvalue weighted by Gasteiger charge is -2.25. The zero-order valence-corrected chi connectivity index (χ0v) is 16.0. The van der Waals surface area contributed by atoms with E-state index in [-0.39, 0.29) is 12.3 Å². The number of carbonyl (C=O) groups is 3. The van der Waals surface area contributed by atoms with E-state index in [0.717, 1.165) is 5.56 Å². The first-order valence-electron chi connectivity index (χ1n) is 8.98. The SMILES string of the molecule is CC(C)(CCC(=O)O)NC(=O)Nc1ccc(C(=O)NCc2ccccc2)cc1. The van der Waals surface area contributed by atoms with Crippen molar-refractivity contribution in [2.24, 2.45) is 0 Å². The Bertz CT molecular complexity index is 817. The van der Waals surface area contributed by atoms with E-state index in [4.69, 9.17) is 5.11 Å². The molecule has 148 valence electrons. The van der Waals surface area contributed by atoms with Gasteiger partial charge in [-0.1, -0.05) is 30.3 Å². The summed E-state index contributed by atoms with van der Waals surface area (Å²) in [4.78, 5) is 35.0. The quantitative estimate of drug-likeness (QED) is 0.560. The number of anilines is 1. The van der Waals surface area contributed by atoms with Crippen molar-refractivity contribution in [3.05, 3.63) is 65.7 Å². The number of aliphatic carboxylic acids is 1. The molecule has 7 heteroatoms. The normalized spacial score (nSPS) is 10.8. The fourth-order valence-electron chi connectivity index (χ4n) is 2.54. The summed E-state index contributed by atoms with van der Waals surface area (Å²) < 4.78 is 0. The molecular formula is C21H25N3O4. The zero-order chi connectivity index (χ0) is 20.6. The third-order valence-electron chi connectivity index (χ3n) is 4.12. The van der Waals surface area contributed by atoms with Crippen molar-refractivity contribution in [1.82, 2.24) is 10.6 Å². The first-order valence-corrected chi connectivity index (χ1v) is 8.98. The van der Waals surface area contributed by atoms with Crippen LogP contribution in [0.5, 0.6) is 0 Å². The minimum absolute atomic E-state index is 0.0277. The van der Waals surface area contributed by atoms with Crippen molar-refractivity contribution < 1.29 is 19.5 Å².